The van der Waals surface area contributed by atoms with Crippen molar-refractivity contribution in [1.82, 2.24) is 35.0 Å². The van der Waals surface area contributed by atoms with Gasteiger partial charge in [-0.2, -0.15) is 4.98 Å². The minimum atomic E-state index is -0.785. The minimum absolute atomic E-state index is 0.0364. The van der Waals surface area contributed by atoms with E-state index < -0.39 is 6.10 Å². The zero-order valence-corrected chi connectivity index (χ0v) is 15.9. The van der Waals surface area contributed by atoms with E-state index in [9.17, 15) is 9.90 Å². The molecule has 1 unspecified atom stereocenters. The van der Waals surface area contributed by atoms with Crippen molar-refractivity contribution in [2.45, 2.75) is 26.5 Å². The van der Waals surface area contributed by atoms with Crippen molar-refractivity contribution >= 4 is 11.6 Å². The molecule has 1 atom stereocenters. The van der Waals surface area contributed by atoms with Gasteiger partial charge in [0, 0.05) is 12.4 Å². The Morgan fingerprint density at radius 3 is 2.86 bits per heavy atom. The lowest BCUT2D eigenvalue weighted by atomic mass is 10.1. The van der Waals surface area contributed by atoms with Crippen molar-refractivity contribution < 1.29 is 14.4 Å². The summed E-state index contributed by atoms with van der Waals surface area (Å²) in [6.45, 7) is 3.83. The van der Waals surface area contributed by atoms with Crippen LogP contribution in [-0.4, -0.2) is 40.7 Å². The Balaban J connectivity index is 1.48. The topological polar surface area (TPSA) is 131 Å². The lowest BCUT2D eigenvalue weighted by Gasteiger charge is -2.12. The number of hydrogen-bond acceptors (Lipinski definition) is 8. The van der Waals surface area contributed by atoms with Gasteiger partial charge in [-0.25, -0.2) is 0 Å². The molecule has 10 nitrogen and oxygen atoms in total. The summed E-state index contributed by atoms with van der Waals surface area (Å²) in [5, 5.41) is 25.0. The molecule has 0 saturated carbocycles. The largest absolute Gasteiger partial charge is 0.385 e. The standard InChI is InChI=1S/C19H19N7O3/c1-11(2)16(27)18-24-23-14-7-6-12(10-26(14)18)19(28)21-9-15-22-17(25-29-15)13-5-3-4-8-20-13/h3-8,10-11,16,27H,9H2,1-2H3,(H,21,28). The first-order chi connectivity index (χ1) is 14.0. The molecule has 1 amide bonds. The SMILES string of the molecule is CC(C)C(O)c1nnc2ccc(C(=O)NCc3nc(-c4ccccn4)no3)cn12. The Bertz CT molecular complexity index is 1140. The molecular formula is C19H19N7O3. The van der Waals surface area contributed by atoms with Crippen LogP contribution in [-0.2, 0) is 6.54 Å². The van der Waals surface area contributed by atoms with Gasteiger partial charge >= 0.3 is 0 Å². The highest BCUT2D eigenvalue weighted by Gasteiger charge is 2.20. The number of rotatable bonds is 6. The second-order valence-electron chi connectivity index (χ2n) is 6.80. The third-order valence-electron chi connectivity index (χ3n) is 4.35. The average Bonchev–Trinajstić information content (AvgIpc) is 3.38. The molecule has 0 bridgehead atoms. The quantitative estimate of drug-likeness (QED) is 0.507. The fraction of sp³-hybridized carbons (Fsp3) is 0.263. The summed E-state index contributed by atoms with van der Waals surface area (Å²) in [5.74, 6) is 0.642. The number of nitrogens with one attached hydrogen (secondary N) is 1. The van der Waals surface area contributed by atoms with Crippen LogP contribution in [0, 0.1) is 5.92 Å². The van der Waals surface area contributed by atoms with Crippen LogP contribution in [0.25, 0.3) is 17.2 Å². The van der Waals surface area contributed by atoms with Crippen LogP contribution in [0.2, 0.25) is 0 Å². The first-order valence-corrected chi connectivity index (χ1v) is 9.08. The number of aliphatic hydroxyl groups is 1. The van der Waals surface area contributed by atoms with E-state index in [0.29, 0.717) is 28.6 Å². The van der Waals surface area contributed by atoms with Gasteiger partial charge in [-0.1, -0.05) is 25.1 Å². The number of aliphatic hydroxyl groups excluding tert-OH is 1. The fourth-order valence-electron chi connectivity index (χ4n) is 2.73. The Kier molecular flexibility index (Phi) is 5.00. The van der Waals surface area contributed by atoms with Crippen LogP contribution >= 0.6 is 0 Å². The van der Waals surface area contributed by atoms with E-state index in [2.05, 4.69) is 30.6 Å². The van der Waals surface area contributed by atoms with E-state index in [0.717, 1.165) is 0 Å². The molecule has 4 aromatic rings. The maximum absolute atomic E-state index is 12.5. The van der Waals surface area contributed by atoms with Crippen LogP contribution in [0.4, 0.5) is 0 Å². The van der Waals surface area contributed by atoms with Gasteiger partial charge in [-0.05, 0) is 30.2 Å². The Morgan fingerprint density at radius 1 is 1.24 bits per heavy atom. The summed E-state index contributed by atoms with van der Waals surface area (Å²) >= 11 is 0. The lowest BCUT2D eigenvalue weighted by molar-refractivity contribution is 0.0945. The molecule has 2 N–H and O–H groups in total. The molecule has 29 heavy (non-hydrogen) atoms. The number of amides is 1. The number of fused-ring (bicyclic) bond motifs is 1. The van der Waals surface area contributed by atoms with Gasteiger partial charge in [0.25, 0.3) is 5.91 Å². The third-order valence-corrected chi connectivity index (χ3v) is 4.35. The van der Waals surface area contributed by atoms with Crippen molar-refractivity contribution in [1.29, 1.82) is 0 Å². The number of hydrogen-bond donors (Lipinski definition) is 2. The Labute approximate surface area is 165 Å². The lowest BCUT2D eigenvalue weighted by Crippen LogP contribution is -2.23. The first-order valence-electron chi connectivity index (χ1n) is 9.08. The van der Waals surface area contributed by atoms with Crippen molar-refractivity contribution in [2.24, 2.45) is 5.92 Å². The van der Waals surface area contributed by atoms with E-state index >= 15 is 0 Å². The third kappa shape index (κ3) is 3.83. The van der Waals surface area contributed by atoms with Gasteiger partial charge in [0.1, 0.15) is 11.8 Å². The predicted molar refractivity (Wildman–Crippen MR) is 101 cm³/mol. The van der Waals surface area contributed by atoms with Crippen molar-refractivity contribution in [3.63, 3.8) is 0 Å². The molecule has 0 aliphatic rings. The maximum atomic E-state index is 12.5. The predicted octanol–water partition coefficient (Wildman–Crippen LogP) is 1.79. The fourth-order valence-corrected chi connectivity index (χ4v) is 2.73. The number of nitrogens with zero attached hydrogens (tertiary/aromatic N) is 6. The van der Waals surface area contributed by atoms with Crippen molar-refractivity contribution in [3.8, 4) is 11.5 Å². The van der Waals surface area contributed by atoms with Crippen LogP contribution < -0.4 is 5.32 Å². The molecule has 148 valence electrons. The van der Waals surface area contributed by atoms with E-state index in [4.69, 9.17) is 4.52 Å². The summed E-state index contributed by atoms with van der Waals surface area (Å²) in [7, 11) is 0. The Hall–Kier alpha value is -3.66. The second-order valence-corrected chi connectivity index (χ2v) is 6.80. The summed E-state index contributed by atoms with van der Waals surface area (Å²) < 4.78 is 6.78. The molecule has 0 saturated heterocycles. The van der Waals surface area contributed by atoms with E-state index in [1.165, 1.54) is 0 Å². The summed E-state index contributed by atoms with van der Waals surface area (Å²) in [6.07, 6.45) is 2.45. The van der Waals surface area contributed by atoms with Gasteiger partial charge in [0.2, 0.25) is 11.7 Å². The van der Waals surface area contributed by atoms with Gasteiger partial charge in [-0.3, -0.25) is 14.2 Å². The van der Waals surface area contributed by atoms with Crippen LogP contribution in [0.5, 0.6) is 0 Å². The van der Waals surface area contributed by atoms with Crippen LogP contribution in [0.15, 0.2) is 47.2 Å². The second kappa shape index (κ2) is 7.76. The van der Waals surface area contributed by atoms with E-state index in [1.807, 2.05) is 19.9 Å². The molecule has 4 rings (SSSR count). The highest BCUT2D eigenvalue weighted by Crippen LogP contribution is 2.20. The zero-order valence-electron chi connectivity index (χ0n) is 15.9. The van der Waals surface area contributed by atoms with Gasteiger partial charge in [0.05, 0.1) is 12.1 Å². The summed E-state index contributed by atoms with van der Waals surface area (Å²) in [4.78, 5) is 20.9. The normalized spacial score (nSPS) is 12.4. The van der Waals surface area contributed by atoms with Crippen molar-refractivity contribution in [3.05, 3.63) is 60.0 Å². The van der Waals surface area contributed by atoms with Gasteiger partial charge in [-0.15, -0.1) is 10.2 Å². The van der Waals surface area contributed by atoms with Gasteiger partial charge < -0.3 is 14.9 Å². The Morgan fingerprint density at radius 2 is 2.10 bits per heavy atom. The maximum Gasteiger partial charge on any atom is 0.253 e. The van der Waals surface area contributed by atoms with Crippen molar-refractivity contribution in [2.75, 3.05) is 0 Å². The number of aromatic nitrogens is 6. The highest BCUT2D eigenvalue weighted by atomic mass is 16.5. The van der Waals surface area contributed by atoms with E-state index in [1.54, 1.807) is 41.1 Å². The monoisotopic (exact) mass is 393 g/mol. The molecule has 4 heterocycles. The first kappa shape index (κ1) is 18.7. The summed E-state index contributed by atoms with van der Waals surface area (Å²) in [5.41, 5.74) is 1.52. The van der Waals surface area contributed by atoms with Crippen LogP contribution in [0.3, 0.4) is 0 Å². The molecule has 0 fully saturated rings. The highest BCUT2D eigenvalue weighted by molar-refractivity contribution is 5.94. The average molecular weight is 393 g/mol. The summed E-state index contributed by atoms with van der Waals surface area (Å²) in [6, 6.07) is 8.70. The van der Waals surface area contributed by atoms with Crippen LogP contribution in [0.1, 0.15) is 42.0 Å². The van der Waals surface area contributed by atoms with Gasteiger partial charge in [0.15, 0.2) is 11.5 Å². The number of carbonyl (C=O) groups excluding carboxylic acids is 1. The molecule has 0 aromatic carbocycles. The zero-order chi connectivity index (χ0) is 20.4. The molecule has 10 heteroatoms. The number of pyridine rings is 2. The molecule has 0 radical (unpaired) electrons. The molecule has 0 aliphatic heterocycles. The van der Waals surface area contributed by atoms with E-state index in [-0.39, 0.29) is 24.3 Å². The smallest absolute Gasteiger partial charge is 0.253 e. The molecule has 4 aromatic heterocycles. The molecule has 0 spiro atoms. The molecule has 0 aliphatic carbocycles. The minimum Gasteiger partial charge on any atom is -0.385 e. The number of carbonyl (C=O) groups is 1. The molecular weight excluding hydrogens is 374 g/mol.